The minimum absolute atomic E-state index is 0.235. The van der Waals surface area contributed by atoms with E-state index in [4.69, 9.17) is 4.42 Å². The lowest BCUT2D eigenvalue weighted by atomic mass is 10.0. The lowest BCUT2D eigenvalue weighted by Crippen LogP contribution is -1.85. The summed E-state index contributed by atoms with van der Waals surface area (Å²) in [5, 5.41) is 12.2. The summed E-state index contributed by atoms with van der Waals surface area (Å²) < 4.78 is 5.50. The van der Waals surface area contributed by atoms with Gasteiger partial charge in [-0.3, -0.25) is 4.99 Å². The molecule has 1 N–H and O–H groups in total. The second-order valence-corrected chi connectivity index (χ2v) is 6.28. The van der Waals surface area contributed by atoms with Crippen molar-refractivity contribution in [3.63, 3.8) is 0 Å². The Hall–Kier alpha value is -3.40. The van der Waals surface area contributed by atoms with Gasteiger partial charge in [-0.2, -0.15) is 0 Å². The molecule has 0 aliphatic heterocycles. The highest BCUT2D eigenvalue weighted by atomic mass is 16.5. The first-order chi connectivity index (χ1) is 12.6. The SMILES string of the molecule is Cc1ccc(N=Cc2nc(-c3cccc4ccccc34)oc2O)c(C)c1. The van der Waals surface area contributed by atoms with Crippen molar-refractivity contribution in [3.8, 4) is 17.4 Å². The van der Waals surface area contributed by atoms with Crippen LogP contribution in [0.3, 0.4) is 0 Å². The first kappa shape index (κ1) is 16.1. The zero-order valence-electron chi connectivity index (χ0n) is 14.6. The van der Waals surface area contributed by atoms with Crippen LogP contribution in [0.25, 0.3) is 22.2 Å². The van der Waals surface area contributed by atoms with Crippen molar-refractivity contribution in [3.05, 3.63) is 77.5 Å². The fraction of sp³-hybridized carbons (Fsp3) is 0.0909. The molecule has 0 unspecified atom stereocenters. The third-order valence-electron chi connectivity index (χ3n) is 4.33. The number of aryl methyl sites for hydroxylation is 2. The Morgan fingerprint density at radius 1 is 1.00 bits per heavy atom. The van der Waals surface area contributed by atoms with Crippen molar-refractivity contribution in [2.24, 2.45) is 4.99 Å². The van der Waals surface area contributed by atoms with Crippen molar-refractivity contribution in [2.45, 2.75) is 13.8 Å². The highest BCUT2D eigenvalue weighted by molar-refractivity contribution is 5.95. The van der Waals surface area contributed by atoms with Crippen LogP contribution in [0.15, 0.2) is 70.1 Å². The number of oxazole rings is 1. The van der Waals surface area contributed by atoms with Crippen molar-refractivity contribution in [1.29, 1.82) is 0 Å². The van der Waals surface area contributed by atoms with Crippen LogP contribution in [0.1, 0.15) is 16.8 Å². The molecule has 0 spiro atoms. The summed E-state index contributed by atoms with van der Waals surface area (Å²) in [5.41, 5.74) is 4.24. The second-order valence-electron chi connectivity index (χ2n) is 6.28. The number of fused-ring (bicyclic) bond motifs is 1. The van der Waals surface area contributed by atoms with Crippen LogP contribution < -0.4 is 0 Å². The molecule has 0 atom stereocenters. The molecule has 4 heteroatoms. The number of aromatic nitrogens is 1. The van der Waals surface area contributed by atoms with E-state index in [0.29, 0.717) is 11.6 Å². The molecule has 26 heavy (non-hydrogen) atoms. The summed E-state index contributed by atoms with van der Waals surface area (Å²) in [6.45, 7) is 4.05. The molecule has 0 saturated heterocycles. The number of hydrogen-bond acceptors (Lipinski definition) is 4. The van der Waals surface area contributed by atoms with E-state index in [0.717, 1.165) is 27.6 Å². The molecule has 4 rings (SSSR count). The van der Waals surface area contributed by atoms with Crippen LogP contribution in [0, 0.1) is 13.8 Å². The average Bonchev–Trinajstić information content (AvgIpc) is 3.01. The number of rotatable bonds is 3. The molecule has 1 aromatic heterocycles. The van der Waals surface area contributed by atoms with E-state index in [1.807, 2.05) is 68.4 Å². The zero-order valence-corrected chi connectivity index (χ0v) is 14.6. The lowest BCUT2D eigenvalue weighted by molar-refractivity contribution is 0.337. The van der Waals surface area contributed by atoms with Gasteiger partial charge in [-0.05, 0) is 42.3 Å². The minimum Gasteiger partial charge on any atom is -0.479 e. The summed E-state index contributed by atoms with van der Waals surface area (Å²) in [7, 11) is 0. The summed E-state index contributed by atoms with van der Waals surface area (Å²) >= 11 is 0. The molecule has 4 nitrogen and oxygen atoms in total. The van der Waals surface area contributed by atoms with Gasteiger partial charge in [0.05, 0.1) is 11.9 Å². The van der Waals surface area contributed by atoms with Gasteiger partial charge in [0, 0.05) is 5.56 Å². The summed E-state index contributed by atoms with van der Waals surface area (Å²) in [4.78, 5) is 8.87. The van der Waals surface area contributed by atoms with Crippen LogP contribution in [0.4, 0.5) is 5.69 Å². The molecule has 0 bridgehead atoms. The highest BCUT2D eigenvalue weighted by Crippen LogP contribution is 2.31. The van der Waals surface area contributed by atoms with Gasteiger partial charge in [-0.15, -0.1) is 0 Å². The Morgan fingerprint density at radius 2 is 1.81 bits per heavy atom. The van der Waals surface area contributed by atoms with Crippen LogP contribution >= 0.6 is 0 Å². The fourth-order valence-electron chi connectivity index (χ4n) is 3.02. The smallest absolute Gasteiger partial charge is 0.312 e. The monoisotopic (exact) mass is 342 g/mol. The molecule has 3 aromatic carbocycles. The number of benzene rings is 3. The van der Waals surface area contributed by atoms with Crippen LogP contribution in [0.5, 0.6) is 5.95 Å². The molecule has 0 radical (unpaired) electrons. The van der Waals surface area contributed by atoms with Gasteiger partial charge in [0.15, 0.2) is 5.69 Å². The third-order valence-corrected chi connectivity index (χ3v) is 4.33. The van der Waals surface area contributed by atoms with Gasteiger partial charge in [0.2, 0.25) is 5.89 Å². The fourth-order valence-corrected chi connectivity index (χ4v) is 3.02. The maximum atomic E-state index is 10.1. The van der Waals surface area contributed by atoms with E-state index in [1.54, 1.807) is 0 Å². The van der Waals surface area contributed by atoms with Crippen molar-refractivity contribution >= 4 is 22.7 Å². The Balaban J connectivity index is 1.72. The number of aromatic hydroxyl groups is 1. The molecule has 128 valence electrons. The topological polar surface area (TPSA) is 58.6 Å². The van der Waals surface area contributed by atoms with Gasteiger partial charge in [-0.1, -0.05) is 54.1 Å². The molecule has 0 amide bonds. The van der Waals surface area contributed by atoms with E-state index in [-0.39, 0.29) is 5.95 Å². The number of aliphatic imine (C=N–C) groups is 1. The molecule has 0 fully saturated rings. The van der Waals surface area contributed by atoms with E-state index in [2.05, 4.69) is 16.0 Å². The molecular formula is C22H18N2O2. The maximum absolute atomic E-state index is 10.1. The molecule has 4 aromatic rings. The van der Waals surface area contributed by atoms with Crippen molar-refractivity contribution < 1.29 is 9.52 Å². The molecule has 0 aliphatic rings. The predicted molar refractivity (Wildman–Crippen MR) is 104 cm³/mol. The Morgan fingerprint density at radius 3 is 2.65 bits per heavy atom. The number of nitrogens with zero attached hydrogens (tertiary/aromatic N) is 2. The zero-order chi connectivity index (χ0) is 18.1. The van der Waals surface area contributed by atoms with E-state index >= 15 is 0 Å². The largest absolute Gasteiger partial charge is 0.479 e. The highest BCUT2D eigenvalue weighted by Gasteiger charge is 2.14. The first-order valence-electron chi connectivity index (χ1n) is 8.41. The van der Waals surface area contributed by atoms with E-state index < -0.39 is 0 Å². The molecular weight excluding hydrogens is 324 g/mol. The number of hydrogen-bond donors (Lipinski definition) is 1. The van der Waals surface area contributed by atoms with E-state index in [1.165, 1.54) is 11.8 Å². The van der Waals surface area contributed by atoms with Gasteiger partial charge < -0.3 is 9.52 Å². The first-order valence-corrected chi connectivity index (χ1v) is 8.41. The van der Waals surface area contributed by atoms with Crippen molar-refractivity contribution in [1.82, 2.24) is 4.98 Å². The van der Waals surface area contributed by atoms with Gasteiger partial charge in [-0.25, -0.2) is 4.98 Å². The van der Waals surface area contributed by atoms with E-state index in [9.17, 15) is 5.11 Å². The Bertz CT molecular complexity index is 1120. The Kier molecular flexibility index (Phi) is 4.01. The van der Waals surface area contributed by atoms with Crippen LogP contribution in [-0.4, -0.2) is 16.3 Å². The summed E-state index contributed by atoms with van der Waals surface area (Å²) in [6, 6.07) is 19.9. The second kappa shape index (κ2) is 6.48. The minimum atomic E-state index is -0.235. The summed E-state index contributed by atoms with van der Waals surface area (Å²) in [6.07, 6.45) is 1.53. The van der Waals surface area contributed by atoms with Gasteiger partial charge in [0.1, 0.15) is 0 Å². The lowest BCUT2D eigenvalue weighted by Gasteiger charge is -2.01. The molecule has 1 heterocycles. The summed E-state index contributed by atoms with van der Waals surface area (Å²) in [5.74, 6) is 0.142. The quantitative estimate of drug-likeness (QED) is 0.495. The van der Waals surface area contributed by atoms with Crippen LogP contribution in [0.2, 0.25) is 0 Å². The van der Waals surface area contributed by atoms with Gasteiger partial charge >= 0.3 is 5.95 Å². The Labute approximate surface area is 151 Å². The van der Waals surface area contributed by atoms with Crippen LogP contribution in [-0.2, 0) is 0 Å². The van der Waals surface area contributed by atoms with Crippen molar-refractivity contribution in [2.75, 3.05) is 0 Å². The molecule has 0 aliphatic carbocycles. The molecule has 0 saturated carbocycles. The normalized spacial score (nSPS) is 11.5. The third kappa shape index (κ3) is 2.97. The predicted octanol–water partition coefficient (Wildman–Crippen LogP) is 5.57. The standard InChI is InChI=1S/C22H18N2O2/c1-14-10-11-19(15(2)12-14)23-13-20-22(25)26-21(24-20)18-9-5-7-16-6-3-4-8-17(16)18/h3-13,25H,1-2H3. The maximum Gasteiger partial charge on any atom is 0.312 e. The average molecular weight is 342 g/mol. The van der Waals surface area contributed by atoms with Gasteiger partial charge in [0.25, 0.3) is 0 Å².